The van der Waals surface area contributed by atoms with E-state index in [1.807, 2.05) is 11.8 Å². The van der Waals surface area contributed by atoms with Gasteiger partial charge in [-0.25, -0.2) is 4.98 Å². The molecule has 1 saturated heterocycles. The number of hydrogen-bond donors (Lipinski definition) is 1. The Bertz CT molecular complexity index is 547. The predicted molar refractivity (Wildman–Crippen MR) is 78.3 cm³/mol. The van der Waals surface area contributed by atoms with Gasteiger partial charge in [0, 0.05) is 17.4 Å². The lowest BCUT2D eigenvalue weighted by Gasteiger charge is -2.22. The van der Waals surface area contributed by atoms with E-state index in [1.54, 1.807) is 0 Å². The van der Waals surface area contributed by atoms with E-state index in [0.29, 0.717) is 6.54 Å². The van der Waals surface area contributed by atoms with Crippen LogP contribution in [0.2, 0.25) is 5.15 Å². The van der Waals surface area contributed by atoms with Gasteiger partial charge in [-0.1, -0.05) is 11.6 Å². The number of pyridine rings is 1. The lowest BCUT2D eigenvalue weighted by Crippen LogP contribution is -2.36. The Hall–Kier alpha value is -1.34. The number of nitrogens with zero attached hydrogens (tertiary/aromatic N) is 2. The van der Waals surface area contributed by atoms with Gasteiger partial charge in [0.05, 0.1) is 10.5 Å². The third-order valence-electron chi connectivity index (χ3n) is 3.20. The summed E-state index contributed by atoms with van der Waals surface area (Å²) < 4.78 is 0.0241. The molecule has 1 aliphatic heterocycles. The van der Waals surface area contributed by atoms with Crippen LogP contribution in [0.15, 0.2) is 12.3 Å². The van der Waals surface area contributed by atoms with Gasteiger partial charge in [0.25, 0.3) is 11.6 Å². The van der Waals surface area contributed by atoms with Crippen molar-refractivity contribution < 1.29 is 9.72 Å². The molecule has 8 heteroatoms. The molecule has 0 radical (unpaired) electrons. The highest BCUT2D eigenvalue weighted by atomic mass is 35.5. The molecule has 1 aromatic heterocycles. The van der Waals surface area contributed by atoms with Gasteiger partial charge in [0.15, 0.2) is 0 Å². The molecule has 0 bridgehead atoms. The van der Waals surface area contributed by atoms with E-state index in [9.17, 15) is 14.9 Å². The van der Waals surface area contributed by atoms with Crippen LogP contribution in [-0.2, 0) is 0 Å². The summed E-state index contributed by atoms with van der Waals surface area (Å²) in [5.41, 5.74) is -0.214. The Morgan fingerprint density at radius 3 is 3.05 bits per heavy atom. The van der Waals surface area contributed by atoms with Crippen molar-refractivity contribution in [1.82, 2.24) is 10.3 Å². The summed E-state index contributed by atoms with van der Waals surface area (Å²) in [6.45, 7) is 2.60. The van der Waals surface area contributed by atoms with Gasteiger partial charge < -0.3 is 5.32 Å². The minimum absolute atomic E-state index is 0.0241. The zero-order valence-corrected chi connectivity index (χ0v) is 12.5. The van der Waals surface area contributed by atoms with Crippen molar-refractivity contribution in [3.8, 4) is 0 Å². The summed E-state index contributed by atoms with van der Waals surface area (Å²) in [7, 11) is 0. The fraction of sp³-hybridized carbons (Fsp3) is 0.500. The standard InChI is InChI=1S/C12H14ClN3O3S/c1-12(3-2-4-20-12)7-15-11(17)9-5-8(16(18)19)6-14-10(9)13/h5-6H,2-4,7H2,1H3,(H,15,17). The summed E-state index contributed by atoms with van der Waals surface area (Å²) in [5.74, 6) is 0.658. The summed E-state index contributed by atoms with van der Waals surface area (Å²) in [5, 5.41) is 13.4. The SMILES string of the molecule is CC1(CNC(=O)c2cc([N+](=O)[O-])cnc2Cl)CCCS1. The second-order valence-electron chi connectivity index (χ2n) is 4.87. The quantitative estimate of drug-likeness (QED) is 0.524. The Morgan fingerprint density at radius 2 is 2.45 bits per heavy atom. The van der Waals surface area contributed by atoms with Crippen LogP contribution in [0.5, 0.6) is 0 Å². The fourth-order valence-electron chi connectivity index (χ4n) is 2.03. The maximum absolute atomic E-state index is 12.1. The van der Waals surface area contributed by atoms with E-state index < -0.39 is 10.8 Å². The lowest BCUT2D eigenvalue weighted by molar-refractivity contribution is -0.385. The van der Waals surface area contributed by atoms with E-state index in [-0.39, 0.29) is 21.2 Å². The number of nitrogens with one attached hydrogen (secondary N) is 1. The van der Waals surface area contributed by atoms with Crippen molar-refractivity contribution in [2.24, 2.45) is 0 Å². The third kappa shape index (κ3) is 3.40. The van der Waals surface area contributed by atoms with E-state index >= 15 is 0 Å². The Labute approximate surface area is 125 Å². The van der Waals surface area contributed by atoms with Crippen molar-refractivity contribution in [2.75, 3.05) is 12.3 Å². The predicted octanol–water partition coefficient (Wildman–Crippen LogP) is 2.66. The molecule has 1 aliphatic rings. The molecule has 2 rings (SSSR count). The zero-order chi connectivity index (χ0) is 14.8. The van der Waals surface area contributed by atoms with Crippen LogP contribution >= 0.6 is 23.4 Å². The van der Waals surface area contributed by atoms with Crippen LogP contribution in [0.4, 0.5) is 5.69 Å². The van der Waals surface area contributed by atoms with E-state index in [1.165, 1.54) is 0 Å². The number of rotatable bonds is 4. The molecule has 2 heterocycles. The van der Waals surface area contributed by atoms with Gasteiger partial charge in [-0.05, 0) is 25.5 Å². The smallest absolute Gasteiger partial charge is 0.288 e. The highest BCUT2D eigenvalue weighted by molar-refractivity contribution is 8.00. The number of thioether (sulfide) groups is 1. The second kappa shape index (κ2) is 5.97. The molecular formula is C12H14ClN3O3S. The molecule has 108 valence electrons. The summed E-state index contributed by atoms with van der Waals surface area (Å²) in [6, 6.07) is 1.15. The van der Waals surface area contributed by atoms with Crippen LogP contribution < -0.4 is 5.32 Å². The van der Waals surface area contributed by atoms with Gasteiger partial charge >= 0.3 is 0 Å². The zero-order valence-electron chi connectivity index (χ0n) is 10.9. The Morgan fingerprint density at radius 1 is 1.70 bits per heavy atom. The van der Waals surface area contributed by atoms with E-state index in [2.05, 4.69) is 17.2 Å². The molecule has 1 aromatic rings. The Balaban J connectivity index is 2.08. The van der Waals surface area contributed by atoms with Crippen molar-refractivity contribution in [3.05, 3.63) is 33.1 Å². The van der Waals surface area contributed by atoms with Crippen LogP contribution in [0.25, 0.3) is 0 Å². The summed E-state index contributed by atoms with van der Waals surface area (Å²) in [6.07, 6.45) is 3.21. The molecule has 6 nitrogen and oxygen atoms in total. The first-order chi connectivity index (χ1) is 9.41. The number of hydrogen-bond acceptors (Lipinski definition) is 5. The summed E-state index contributed by atoms with van der Waals surface area (Å²) >= 11 is 7.65. The molecule has 1 unspecified atom stereocenters. The monoisotopic (exact) mass is 315 g/mol. The number of nitro groups is 1. The van der Waals surface area contributed by atoms with Gasteiger partial charge in [0.2, 0.25) is 0 Å². The molecule has 0 aromatic carbocycles. The van der Waals surface area contributed by atoms with Crippen LogP contribution in [0, 0.1) is 10.1 Å². The number of carbonyl (C=O) groups is 1. The van der Waals surface area contributed by atoms with E-state index in [0.717, 1.165) is 30.9 Å². The van der Waals surface area contributed by atoms with Crippen LogP contribution in [0.3, 0.4) is 0 Å². The number of halogens is 1. The number of amides is 1. The first-order valence-corrected chi connectivity index (χ1v) is 7.50. The van der Waals surface area contributed by atoms with Crippen LogP contribution in [0.1, 0.15) is 30.1 Å². The first kappa shape index (κ1) is 15.1. The molecule has 0 spiro atoms. The maximum Gasteiger partial charge on any atom is 0.288 e. The van der Waals surface area contributed by atoms with Crippen molar-refractivity contribution in [1.29, 1.82) is 0 Å². The fourth-order valence-corrected chi connectivity index (χ4v) is 3.47. The molecule has 20 heavy (non-hydrogen) atoms. The second-order valence-corrected chi connectivity index (χ2v) is 6.91. The molecule has 1 fully saturated rings. The van der Waals surface area contributed by atoms with Crippen molar-refractivity contribution in [2.45, 2.75) is 24.5 Å². The Kier molecular flexibility index (Phi) is 4.49. The van der Waals surface area contributed by atoms with Crippen molar-refractivity contribution in [3.63, 3.8) is 0 Å². The highest BCUT2D eigenvalue weighted by Crippen LogP contribution is 2.37. The third-order valence-corrected chi connectivity index (χ3v) is 5.04. The van der Waals surface area contributed by atoms with E-state index in [4.69, 9.17) is 11.6 Å². The minimum Gasteiger partial charge on any atom is -0.351 e. The number of aromatic nitrogens is 1. The average Bonchev–Trinajstić information content (AvgIpc) is 2.84. The summed E-state index contributed by atoms with van der Waals surface area (Å²) in [4.78, 5) is 25.8. The molecule has 0 saturated carbocycles. The lowest BCUT2D eigenvalue weighted by atomic mass is 10.1. The molecule has 1 amide bonds. The van der Waals surface area contributed by atoms with Gasteiger partial charge in [0.1, 0.15) is 11.3 Å². The molecular weight excluding hydrogens is 302 g/mol. The normalized spacial score (nSPS) is 21.7. The van der Waals surface area contributed by atoms with Gasteiger partial charge in [-0.3, -0.25) is 14.9 Å². The van der Waals surface area contributed by atoms with Gasteiger partial charge in [-0.15, -0.1) is 0 Å². The van der Waals surface area contributed by atoms with Crippen molar-refractivity contribution >= 4 is 35.0 Å². The largest absolute Gasteiger partial charge is 0.351 e. The highest BCUT2D eigenvalue weighted by Gasteiger charge is 2.30. The average molecular weight is 316 g/mol. The topological polar surface area (TPSA) is 85.1 Å². The molecule has 0 aliphatic carbocycles. The molecule has 1 N–H and O–H groups in total. The van der Waals surface area contributed by atoms with Crippen LogP contribution in [-0.4, -0.2) is 32.9 Å². The minimum atomic E-state index is -0.603. The van der Waals surface area contributed by atoms with Gasteiger partial charge in [-0.2, -0.15) is 11.8 Å². The number of carbonyl (C=O) groups excluding carboxylic acids is 1. The maximum atomic E-state index is 12.1. The first-order valence-electron chi connectivity index (χ1n) is 6.13. The molecule has 1 atom stereocenters.